The summed E-state index contributed by atoms with van der Waals surface area (Å²) < 4.78 is 5.76. The van der Waals surface area contributed by atoms with Gasteiger partial charge in [-0.15, -0.1) is 21.5 Å². The van der Waals surface area contributed by atoms with Crippen molar-refractivity contribution >= 4 is 17.2 Å². The van der Waals surface area contributed by atoms with Crippen molar-refractivity contribution in [2.24, 2.45) is 5.92 Å². The maximum atomic E-state index is 12.4. The lowest BCUT2D eigenvalue weighted by Crippen LogP contribution is -2.40. The third-order valence-corrected chi connectivity index (χ3v) is 5.68. The van der Waals surface area contributed by atoms with E-state index in [0.29, 0.717) is 24.9 Å². The van der Waals surface area contributed by atoms with Crippen LogP contribution in [0, 0.1) is 5.92 Å². The van der Waals surface area contributed by atoms with Gasteiger partial charge in [0.05, 0.1) is 11.4 Å². The zero-order valence-electron chi connectivity index (χ0n) is 15.0. The van der Waals surface area contributed by atoms with Crippen molar-refractivity contribution in [1.29, 1.82) is 0 Å². The molecule has 1 aliphatic heterocycles. The molecule has 1 aromatic carbocycles. The number of piperidine rings is 1. The van der Waals surface area contributed by atoms with Gasteiger partial charge < -0.3 is 9.73 Å². The number of likely N-dealkylation sites (tertiary alicyclic amines) is 1. The highest BCUT2D eigenvalue weighted by Crippen LogP contribution is 2.24. The van der Waals surface area contributed by atoms with E-state index in [2.05, 4.69) is 20.4 Å². The van der Waals surface area contributed by atoms with Gasteiger partial charge in [-0.3, -0.25) is 9.69 Å². The molecule has 1 fully saturated rings. The predicted molar refractivity (Wildman–Crippen MR) is 104 cm³/mol. The Morgan fingerprint density at radius 1 is 1.15 bits per heavy atom. The van der Waals surface area contributed by atoms with Crippen LogP contribution < -0.4 is 5.32 Å². The second-order valence-electron chi connectivity index (χ2n) is 6.73. The van der Waals surface area contributed by atoms with Gasteiger partial charge in [0.1, 0.15) is 0 Å². The molecule has 0 spiro atoms. The monoisotopic (exact) mass is 382 g/mol. The Labute approximate surface area is 162 Å². The van der Waals surface area contributed by atoms with Gasteiger partial charge in [0, 0.05) is 12.5 Å². The number of carbonyl (C=O) groups excluding carboxylic acids is 1. The summed E-state index contributed by atoms with van der Waals surface area (Å²) >= 11 is 1.59. The number of carbonyl (C=O) groups is 1. The van der Waals surface area contributed by atoms with E-state index in [1.165, 1.54) is 0 Å². The minimum absolute atomic E-state index is 0.0781. The van der Waals surface area contributed by atoms with Crippen LogP contribution in [-0.2, 0) is 17.9 Å². The molecule has 140 valence electrons. The fourth-order valence-corrected chi connectivity index (χ4v) is 3.94. The second-order valence-corrected chi connectivity index (χ2v) is 7.68. The number of thiophene rings is 1. The molecular weight excluding hydrogens is 360 g/mol. The maximum Gasteiger partial charge on any atom is 0.257 e. The average molecular weight is 382 g/mol. The Bertz CT molecular complexity index is 855. The summed E-state index contributed by atoms with van der Waals surface area (Å²) in [7, 11) is 0. The summed E-state index contributed by atoms with van der Waals surface area (Å²) in [6.45, 7) is 2.95. The molecule has 3 aromatic rings. The average Bonchev–Trinajstić information content (AvgIpc) is 3.39. The van der Waals surface area contributed by atoms with Crippen molar-refractivity contribution < 1.29 is 9.21 Å². The zero-order valence-corrected chi connectivity index (χ0v) is 15.8. The fourth-order valence-electron chi connectivity index (χ4n) is 3.29. The number of hydrogen-bond donors (Lipinski definition) is 1. The molecule has 4 rings (SSSR count). The van der Waals surface area contributed by atoms with Gasteiger partial charge in [0.15, 0.2) is 0 Å². The SMILES string of the molecule is O=C(NCc1ccccc1)C1CCN(Cc2nnc(-c3cccs3)o2)CC1. The summed E-state index contributed by atoms with van der Waals surface area (Å²) in [5.74, 6) is 1.44. The van der Waals surface area contributed by atoms with Gasteiger partial charge in [0.25, 0.3) is 5.89 Å². The van der Waals surface area contributed by atoms with Crippen LogP contribution >= 0.6 is 11.3 Å². The molecule has 0 bridgehead atoms. The third kappa shape index (κ3) is 4.61. The Morgan fingerprint density at radius 3 is 2.70 bits per heavy atom. The van der Waals surface area contributed by atoms with Crippen LogP contribution in [0.25, 0.3) is 10.8 Å². The Balaban J connectivity index is 1.23. The smallest absolute Gasteiger partial charge is 0.257 e. The molecule has 0 unspecified atom stereocenters. The number of nitrogens with one attached hydrogen (secondary N) is 1. The van der Waals surface area contributed by atoms with Crippen LogP contribution in [0.3, 0.4) is 0 Å². The van der Waals surface area contributed by atoms with Crippen molar-refractivity contribution in [3.05, 3.63) is 59.3 Å². The van der Waals surface area contributed by atoms with E-state index in [1.54, 1.807) is 11.3 Å². The maximum absolute atomic E-state index is 12.4. The molecule has 1 N–H and O–H groups in total. The number of benzene rings is 1. The van der Waals surface area contributed by atoms with Crippen molar-refractivity contribution in [3.63, 3.8) is 0 Å². The van der Waals surface area contributed by atoms with Gasteiger partial charge in [-0.1, -0.05) is 36.4 Å². The standard InChI is InChI=1S/C20H22N4O2S/c25-19(21-13-15-5-2-1-3-6-15)16-8-10-24(11-9-16)14-18-22-23-20(26-18)17-7-4-12-27-17/h1-7,12,16H,8-11,13-14H2,(H,21,25). The fraction of sp³-hybridized carbons (Fsp3) is 0.350. The molecule has 3 heterocycles. The number of hydrogen-bond acceptors (Lipinski definition) is 6. The van der Waals surface area contributed by atoms with Crippen LogP contribution in [-0.4, -0.2) is 34.1 Å². The Kier molecular flexibility index (Phi) is 5.60. The quantitative estimate of drug-likeness (QED) is 0.708. The summed E-state index contributed by atoms with van der Waals surface area (Å²) in [6, 6.07) is 13.9. The summed E-state index contributed by atoms with van der Waals surface area (Å²) in [5.41, 5.74) is 1.13. The van der Waals surface area contributed by atoms with E-state index < -0.39 is 0 Å². The molecule has 1 amide bonds. The molecule has 1 saturated heterocycles. The lowest BCUT2D eigenvalue weighted by Gasteiger charge is -2.30. The largest absolute Gasteiger partial charge is 0.419 e. The topological polar surface area (TPSA) is 71.3 Å². The lowest BCUT2D eigenvalue weighted by molar-refractivity contribution is -0.126. The van der Waals surface area contributed by atoms with Gasteiger partial charge in [-0.05, 0) is 42.9 Å². The highest BCUT2D eigenvalue weighted by atomic mass is 32.1. The minimum atomic E-state index is 0.0781. The summed E-state index contributed by atoms with van der Waals surface area (Å²) in [5, 5.41) is 13.3. The van der Waals surface area contributed by atoms with Crippen molar-refractivity contribution in [3.8, 4) is 10.8 Å². The van der Waals surface area contributed by atoms with Gasteiger partial charge in [-0.2, -0.15) is 0 Å². The van der Waals surface area contributed by atoms with E-state index in [-0.39, 0.29) is 11.8 Å². The van der Waals surface area contributed by atoms with Crippen LogP contribution in [0.15, 0.2) is 52.3 Å². The van der Waals surface area contributed by atoms with E-state index >= 15 is 0 Å². The van der Waals surface area contributed by atoms with E-state index in [0.717, 1.165) is 36.4 Å². The van der Waals surface area contributed by atoms with E-state index in [9.17, 15) is 4.79 Å². The van der Waals surface area contributed by atoms with Crippen molar-refractivity contribution in [1.82, 2.24) is 20.4 Å². The normalized spacial score (nSPS) is 15.7. The number of amides is 1. The van der Waals surface area contributed by atoms with Crippen LogP contribution in [0.4, 0.5) is 0 Å². The number of rotatable bonds is 6. The molecule has 0 atom stereocenters. The molecule has 2 aromatic heterocycles. The molecule has 1 aliphatic rings. The van der Waals surface area contributed by atoms with E-state index in [4.69, 9.17) is 4.42 Å². The van der Waals surface area contributed by atoms with Gasteiger partial charge in [0.2, 0.25) is 11.8 Å². The van der Waals surface area contributed by atoms with Crippen molar-refractivity contribution in [2.45, 2.75) is 25.9 Å². The van der Waals surface area contributed by atoms with Gasteiger partial charge >= 0.3 is 0 Å². The molecule has 0 saturated carbocycles. The van der Waals surface area contributed by atoms with Crippen LogP contribution in [0.2, 0.25) is 0 Å². The van der Waals surface area contributed by atoms with Gasteiger partial charge in [-0.25, -0.2) is 0 Å². The van der Waals surface area contributed by atoms with E-state index in [1.807, 2.05) is 47.8 Å². The van der Waals surface area contributed by atoms with Crippen molar-refractivity contribution in [2.75, 3.05) is 13.1 Å². The molecule has 27 heavy (non-hydrogen) atoms. The first-order valence-electron chi connectivity index (χ1n) is 9.18. The number of nitrogens with zero attached hydrogens (tertiary/aromatic N) is 3. The summed E-state index contributed by atoms with van der Waals surface area (Å²) in [6.07, 6.45) is 1.71. The minimum Gasteiger partial charge on any atom is -0.419 e. The number of aromatic nitrogens is 2. The zero-order chi connectivity index (χ0) is 18.5. The molecule has 0 radical (unpaired) electrons. The first-order chi connectivity index (χ1) is 13.3. The summed E-state index contributed by atoms with van der Waals surface area (Å²) in [4.78, 5) is 15.7. The van der Waals surface area contributed by atoms with Crippen LogP contribution in [0.5, 0.6) is 0 Å². The second kappa shape index (κ2) is 8.45. The Hall–Kier alpha value is -2.51. The molecular formula is C20H22N4O2S. The highest BCUT2D eigenvalue weighted by Gasteiger charge is 2.25. The first-order valence-corrected chi connectivity index (χ1v) is 10.1. The highest BCUT2D eigenvalue weighted by molar-refractivity contribution is 7.13. The molecule has 7 heteroatoms. The predicted octanol–water partition coefficient (Wildman–Crippen LogP) is 3.33. The first kappa shape index (κ1) is 17.9. The molecule has 6 nitrogen and oxygen atoms in total. The van der Waals surface area contributed by atoms with Crippen LogP contribution in [0.1, 0.15) is 24.3 Å². The molecule has 0 aliphatic carbocycles. The Morgan fingerprint density at radius 2 is 1.96 bits per heavy atom. The third-order valence-electron chi connectivity index (χ3n) is 4.83. The lowest BCUT2D eigenvalue weighted by atomic mass is 9.96.